The quantitative estimate of drug-likeness (QED) is 0.743. The van der Waals surface area contributed by atoms with Gasteiger partial charge in [0.25, 0.3) is 0 Å². The highest BCUT2D eigenvalue weighted by atomic mass is 16.2. The van der Waals surface area contributed by atoms with E-state index in [2.05, 4.69) is 27.5 Å². The van der Waals surface area contributed by atoms with Crippen molar-refractivity contribution in [1.82, 2.24) is 15.3 Å². The lowest BCUT2D eigenvalue weighted by molar-refractivity contribution is -0.137. The van der Waals surface area contributed by atoms with E-state index in [1.54, 1.807) is 24.5 Å². The number of rotatable bonds is 2. The van der Waals surface area contributed by atoms with Gasteiger partial charge in [-0.1, -0.05) is 19.8 Å². The van der Waals surface area contributed by atoms with E-state index < -0.39 is 11.8 Å². The van der Waals surface area contributed by atoms with Gasteiger partial charge in [0.1, 0.15) is 0 Å². The minimum Gasteiger partial charge on any atom is -0.345 e. The Morgan fingerprint density at radius 3 is 2.86 bits per heavy atom. The lowest BCUT2D eigenvalue weighted by atomic mass is 9.86. The summed E-state index contributed by atoms with van der Waals surface area (Å²) in [5.74, 6) is -0.771. The van der Waals surface area contributed by atoms with Crippen LogP contribution in [0.25, 0.3) is 11.0 Å². The number of imidazole rings is 1. The number of carbonyl (C=O) groups excluding carboxylic acids is 2. The number of aromatic amines is 1. The fourth-order valence-corrected chi connectivity index (χ4v) is 2.97. The van der Waals surface area contributed by atoms with Crippen molar-refractivity contribution in [3.8, 4) is 0 Å². The predicted octanol–water partition coefficient (Wildman–Crippen LogP) is 2.20. The molecule has 1 aliphatic rings. The molecule has 6 nitrogen and oxygen atoms in total. The summed E-state index contributed by atoms with van der Waals surface area (Å²) in [7, 11) is 0. The van der Waals surface area contributed by atoms with Crippen LogP contribution >= 0.6 is 0 Å². The van der Waals surface area contributed by atoms with Gasteiger partial charge in [0, 0.05) is 11.7 Å². The predicted molar refractivity (Wildman–Crippen MR) is 84.3 cm³/mol. The first kappa shape index (κ1) is 14.6. The first-order chi connectivity index (χ1) is 10.6. The second-order valence-corrected chi connectivity index (χ2v) is 5.93. The van der Waals surface area contributed by atoms with Crippen molar-refractivity contribution in [2.24, 2.45) is 5.92 Å². The summed E-state index contributed by atoms with van der Waals surface area (Å²) in [6.07, 6.45) is 5.94. The number of nitrogens with zero attached hydrogens (tertiary/aromatic N) is 1. The molecule has 1 aromatic carbocycles. The minimum atomic E-state index is -0.628. The number of benzene rings is 1. The molecule has 6 heteroatoms. The molecule has 1 aliphatic carbocycles. The Hall–Kier alpha value is -2.37. The van der Waals surface area contributed by atoms with E-state index in [0.717, 1.165) is 30.3 Å². The lowest BCUT2D eigenvalue weighted by Crippen LogP contribution is -2.45. The highest BCUT2D eigenvalue weighted by Gasteiger charge is 2.25. The zero-order valence-electron chi connectivity index (χ0n) is 12.6. The largest absolute Gasteiger partial charge is 0.345 e. The van der Waals surface area contributed by atoms with E-state index in [4.69, 9.17) is 0 Å². The SMILES string of the molecule is CC1CCCCC1NC(=O)C(=O)Nc1ccc2nc[nH]c2c1. The molecule has 3 rings (SSSR count). The van der Waals surface area contributed by atoms with Crippen LogP contribution < -0.4 is 10.6 Å². The number of fused-ring (bicyclic) bond motifs is 1. The van der Waals surface area contributed by atoms with Gasteiger partial charge in [0.15, 0.2) is 0 Å². The molecule has 1 aromatic heterocycles. The number of nitrogens with one attached hydrogen (secondary N) is 3. The number of aromatic nitrogens is 2. The summed E-state index contributed by atoms with van der Waals surface area (Å²) in [6.45, 7) is 2.12. The van der Waals surface area contributed by atoms with Crippen molar-refractivity contribution in [2.75, 3.05) is 5.32 Å². The van der Waals surface area contributed by atoms with Gasteiger partial charge in [-0.05, 0) is 37.0 Å². The average molecular weight is 300 g/mol. The summed E-state index contributed by atoms with van der Waals surface area (Å²) in [5, 5.41) is 5.48. The third-order valence-corrected chi connectivity index (χ3v) is 4.31. The molecule has 0 saturated heterocycles. The van der Waals surface area contributed by atoms with Crippen molar-refractivity contribution < 1.29 is 9.59 Å². The molecular weight excluding hydrogens is 280 g/mol. The van der Waals surface area contributed by atoms with Gasteiger partial charge in [-0.3, -0.25) is 9.59 Å². The highest BCUT2D eigenvalue weighted by molar-refractivity contribution is 6.39. The van der Waals surface area contributed by atoms with E-state index in [0.29, 0.717) is 11.6 Å². The van der Waals surface area contributed by atoms with Crippen LogP contribution in [0.1, 0.15) is 32.6 Å². The molecule has 22 heavy (non-hydrogen) atoms. The van der Waals surface area contributed by atoms with Crippen LogP contribution in [0, 0.1) is 5.92 Å². The number of H-pyrrole nitrogens is 1. The Balaban J connectivity index is 1.61. The number of hydrogen-bond donors (Lipinski definition) is 3. The van der Waals surface area contributed by atoms with E-state index in [9.17, 15) is 9.59 Å². The van der Waals surface area contributed by atoms with E-state index in [1.165, 1.54) is 6.42 Å². The van der Waals surface area contributed by atoms with Gasteiger partial charge in [-0.2, -0.15) is 0 Å². The molecule has 2 amide bonds. The zero-order chi connectivity index (χ0) is 15.5. The van der Waals surface area contributed by atoms with Crippen LogP contribution in [0.5, 0.6) is 0 Å². The summed E-state index contributed by atoms with van der Waals surface area (Å²) in [5.41, 5.74) is 2.21. The molecule has 2 unspecified atom stereocenters. The molecule has 0 aliphatic heterocycles. The molecule has 1 saturated carbocycles. The fraction of sp³-hybridized carbons (Fsp3) is 0.438. The molecule has 0 spiro atoms. The Kier molecular flexibility index (Phi) is 4.09. The third-order valence-electron chi connectivity index (χ3n) is 4.31. The van der Waals surface area contributed by atoms with Crippen molar-refractivity contribution >= 4 is 28.5 Å². The molecule has 2 atom stereocenters. The van der Waals surface area contributed by atoms with Gasteiger partial charge < -0.3 is 15.6 Å². The second-order valence-electron chi connectivity index (χ2n) is 5.93. The van der Waals surface area contributed by atoms with Crippen LogP contribution in [0.2, 0.25) is 0 Å². The van der Waals surface area contributed by atoms with Crippen molar-refractivity contribution in [3.63, 3.8) is 0 Å². The summed E-state index contributed by atoms with van der Waals surface area (Å²) in [4.78, 5) is 31.1. The summed E-state index contributed by atoms with van der Waals surface area (Å²) < 4.78 is 0. The Morgan fingerprint density at radius 1 is 1.23 bits per heavy atom. The second kappa shape index (κ2) is 6.17. The standard InChI is InChI=1S/C16H20N4O2/c1-10-4-2-3-5-12(10)20-16(22)15(21)19-11-6-7-13-14(8-11)18-9-17-13/h6-10,12H,2-5H2,1H3,(H,17,18)(H,19,21)(H,20,22). The summed E-state index contributed by atoms with van der Waals surface area (Å²) in [6, 6.07) is 5.39. The number of amides is 2. The lowest BCUT2D eigenvalue weighted by Gasteiger charge is -2.29. The smallest absolute Gasteiger partial charge is 0.313 e. The van der Waals surface area contributed by atoms with E-state index in [-0.39, 0.29) is 6.04 Å². The van der Waals surface area contributed by atoms with E-state index in [1.807, 2.05) is 0 Å². The normalized spacial score (nSPS) is 21.5. The number of hydrogen-bond acceptors (Lipinski definition) is 3. The first-order valence-corrected chi connectivity index (χ1v) is 7.68. The van der Waals surface area contributed by atoms with Crippen LogP contribution in [0.15, 0.2) is 24.5 Å². The number of anilines is 1. The molecule has 116 valence electrons. The monoisotopic (exact) mass is 300 g/mol. The molecule has 1 heterocycles. The maximum atomic E-state index is 12.0. The van der Waals surface area contributed by atoms with Crippen molar-refractivity contribution in [1.29, 1.82) is 0 Å². The molecule has 3 N–H and O–H groups in total. The van der Waals surface area contributed by atoms with E-state index >= 15 is 0 Å². The maximum Gasteiger partial charge on any atom is 0.313 e. The molecular formula is C16H20N4O2. The van der Waals surface area contributed by atoms with Gasteiger partial charge in [-0.25, -0.2) is 4.98 Å². The average Bonchev–Trinajstić information content (AvgIpc) is 2.97. The van der Waals surface area contributed by atoms with Gasteiger partial charge in [0.2, 0.25) is 0 Å². The third kappa shape index (κ3) is 3.10. The summed E-state index contributed by atoms with van der Waals surface area (Å²) >= 11 is 0. The van der Waals surface area contributed by atoms with Gasteiger partial charge >= 0.3 is 11.8 Å². The Labute approximate surface area is 128 Å². The molecule has 0 bridgehead atoms. The minimum absolute atomic E-state index is 0.0992. The topological polar surface area (TPSA) is 86.9 Å². The van der Waals surface area contributed by atoms with Crippen molar-refractivity contribution in [3.05, 3.63) is 24.5 Å². The Morgan fingerprint density at radius 2 is 2.05 bits per heavy atom. The van der Waals surface area contributed by atoms with Crippen LogP contribution in [-0.4, -0.2) is 27.8 Å². The Bertz CT molecular complexity index is 694. The van der Waals surface area contributed by atoms with Crippen molar-refractivity contribution in [2.45, 2.75) is 38.6 Å². The zero-order valence-corrected chi connectivity index (χ0v) is 12.6. The highest BCUT2D eigenvalue weighted by Crippen LogP contribution is 2.23. The number of carbonyl (C=O) groups is 2. The molecule has 2 aromatic rings. The van der Waals surface area contributed by atoms with Gasteiger partial charge in [0.05, 0.1) is 17.4 Å². The molecule has 0 radical (unpaired) electrons. The van der Waals surface area contributed by atoms with Crippen LogP contribution in [0.3, 0.4) is 0 Å². The van der Waals surface area contributed by atoms with Gasteiger partial charge in [-0.15, -0.1) is 0 Å². The maximum absolute atomic E-state index is 12.0. The fourth-order valence-electron chi connectivity index (χ4n) is 2.97. The first-order valence-electron chi connectivity index (χ1n) is 7.68. The van der Waals surface area contributed by atoms with Crippen LogP contribution in [0.4, 0.5) is 5.69 Å². The van der Waals surface area contributed by atoms with Crippen LogP contribution in [-0.2, 0) is 9.59 Å². The molecule has 1 fully saturated rings.